The zero-order chi connectivity index (χ0) is 27.3. The summed E-state index contributed by atoms with van der Waals surface area (Å²) in [6, 6.07) is 14.2. The van der Waals surface area contributed by atoms with E-state index in [2.05, 4.69) is 51.4 Å². The summed E-state index contributed by atoms with van der Waals surface area (Å²) in [7, 11) is 0. The number of likely N-dealkylation sites (tertiary alicyclic amines) is 1. The maximum absolute atomic E-state index is 13.6. The van der Waals surface area contributed by atoms with Crippen molar-refractivity contribution < 1.29 is 4.74 Å². The van der Waals surface area contributed by atoms with Gasteiger partial charge >= 0.3 is 0 Å². The van der Waals surface area contributed by atoms with Crippen molar-refractivity contribution in [2.75, 3.05) is 31.1 Å². The van der Waals surface area contributed by atoms with Gasteiger partial charge in [-0.05, 0) is 61.2 Å². The molecule has 8 nitrogen and oxygen atoms in total. The highest BCUT2D eigenvalue weighted by Gasteiger charge is 2.25. The summed E-state index contributed by atoms with van der Waals surface area (Å²) in [5.74, 6) is 0.842. The maximum Gasteiger partial charge on any atom is 0.260 e. The van der Waals surface area contributed by atoms with Gasteiger partial charge in [0.25, 0.3) is 5.56 Å². The monoisotopic (exact) mass is 534 g/mol. The number of para-hydroxylation sites is 2. The number of ether oxygens (including phenoxy) is 1. The zero-order valence-electron chi connectivity index (χ0n) is 23.1. The van der Waals surface area contributed by atoms with E-state index in [1.54, 1.807) is 10.8 Å². The summed E-state index contributed by atoms with van der Waals surface area (Å²) in [4.78, 5) is 27.6. The number of hydrogen-bond donors (Lipinski definition) is 0. The average Bonchev–Trinajstić information content (AvgIpc) is 3.37. The molecule has 204 valence electrons. The fourth-order valence-corrected chi connectivity index (χ4v) is 5.96. The third-order valence-corrected chi connectivity index (χ3v) is 8.41. The first-order chi connectivity index (χ1) is 19.4. The van der Waals surface area contributed by atoms with Gasteiger partial charge in [-0.25, -0.2) is 4.98 Å². The van der Waals surface area contributed by atoms with Crippen LogP contribution in [0.3, 0.4) is 0 Å². The lowest BCUT2D eigenvalue weighted by atomic mass is 9.82. The fourth-order valence-electron chi connectivity index (χ4n) is 5.96. The summed E-state index contributed by atoms with van der Waals surface area (Å²) in [6.45, 7) is 9.63. The number of fused-ring (bicyclic) bond motifs is 3. The third kappa shape index (κ3) is 4.62. The van der Waals surface area contributed by atoms with Crippen LogP contribution in [0.15, 0.2) is 78.2 Å². The second kappa shape index (κ2) is 9.78. The number of imidazole rings is 1. The van der Waals surface area contributed by atoms with Crippen molar-refractivity contribution in [3.05, 3.63) is 95.1 Å². The highest BCUT2D eigenvalue weighted by atomic mass is 16.5. The van der Waals surface area contributed by atoms with E-state index in [1.165, 1.54) is 18.4 Å². The molecule has 0 unspecified atom stereocenters. The lowest BCUT2D eigenvalue weighted by molar-refractivity contribution is 0.127. The van der Waals surface area contributed by atoms with Crippen LogP contribution in [0.2, 0.25) is 0 Å². The molecule has 1 fully saturated rings. The molecule has 4 aromatic heterocycles. The largest absolute Gasteiger partial charge is 0.490 e. The maximum atomic E-state index is 13.6. The van der Waals surface area contributed by atoms with Crippen molar-refractivity contribution in [2.24, 2.45) is 5.41 Å². The minimum absolute atomic E-state index is 0.0702. The summed E-state index contributed by atoms with van der Waals surface area (Å²) in [5, 5.41) is 1.48. The molecule has 0 aliphatic carbocycles. The van der Waals surface area contributed by atoms with Crippen LogP contribution in [0, 0.1) is 5.41 Å². The van der Waals surface area contributed by atoms with Crippen LogP contribution in [-0.4, -0.2) is 50.1 Å². The van der Waals surface area contributed by atoms with Gasteiger partial charge in [-0.15, -0.1) is 0 Å². The number of benzene rings is 1. The van der Waals surface area contributed by atoms with Crippen LogP contribution in [0.4, 0.5) is 11.4 Å². The number of piperidine rings is 1. The Bertz CT molecular complexity index is 1760. The van der Waals surface area contributed by atoms with Crippen molar-refractivity contribution in [1.29, 1.82) is 0 Å². The van der Waals surface area contributed by atoms with Crippen LogP contribution in [-0.2, 0) is 13.1 Å². The Balaban J connectivity index is 1.14. The molecule has 6 heterocycles. The van der Waals surface area contributed by atoms with E-state index in [4.69, 9.17) is 9.72 Å². The van der Waals surface area contributed by atoms with Gasteiger partial charge in [0.15, 0.2) is 0 Å². The highest BCUT2D eigenvalue weighted by Crippen LogP contribution is 2.38. The van der Waals surface area contributed by atoms with E-state index in [0.717, 1.165) is 53.5 Å². The van der Waals surface area contributed by atoms with E-state index >= 15 is 0 Å². The number of pyridine rings is 3. The molecule has 1 aromatic carbocycles. The SMILES string of the molecule is CC1(C)CCN(Cc2ccc3nc(Cn4ccc5c(N6CCOc7ccccc76)cncc5c4=O)cn3c2)CC1. The first-order valence-electron chi connectivity index (χ1n) is 14.1. The Morgan fingerprint density at radius 2 is 1.75 bits per heavy atom. The Morgan fingerprint density at radius 1 is 0.900 bits per heavy atom. The van der Waals surface area contributed by atoms with Crippen LogP contribution in [0.1, 0.15) is 37.9 Å². The van der Waals surface area contributed by atoms with Gasteiger partial charge in [-0.2, -0.15) is 0 Å². The number of hydrogen-bond acceptors (Lipinski definition) is 6. The number of rotatable bonds is 5. The minimum Gasteiger partial charge on any atom is -0.490 e. The minimum atomic E-state index is -0.0702. The average molecular weight is 535 g/mol. The van der Waals surface area contributed by atoms with Gasteiger partial charge in [0.1, 0.15) is 18.0 Å². The smallest absolute Gasteiger partial charge is 0.260 e. The molecule has 1 saturated heterocycles. The van der Waals surface area contributed by atoms with Crippen LogP contribution in [0.25, 0.3) is 16.4 Å². The second-order valence-electron chi connectivity index (χ2n) is 11.8. The molecule has 7 rings (SSSR count). The van der Waals surface area contributed by atoms with Gasteiger partial charge in [0, 0.05) is 36.7 Å². The highest BCUT2D eigenvalue weighted by molar-refractivity contribution is 5.95. The molecular formula is C32H34N6O2. The lowest BCUT2D eigenvalue weighted by Gasteiger charge is -2.36. The summed E-state index contributed by atoms with van der Waals surface area (Å²) >= 11 is 0. The molecule has 0 atom stereocenters. The summed E-state index contributed by atoms with van der Waals surface area (Å²) < 4.78 is 9.64. The van der Waals surface area contributed by atoms with Crippen LogP contribution < -0.4 is 15.2 Å². The van der Waals surface area contributed by atoms with Crippen molar-refractivity contribution in [3.8, 4) is 5.75 Å². The molecule has 2 aliphatic heterocycles. The summed E-state index contributed by atoms with van der Waals surface area (Å²) in [5.41, 5.74) is 5.30. The van der Waals surface area contributed by atoms with Crippen LogP contribution >= 0.6 is 0 Å². The Kier molecular flexibility index (Phi) is 6.08. The Hall–Kier alpha value is -4.17. The number of anilines is 2. The number of aromatic nitrogens is 4. The standard InChI is InChI=1S/C32H34N6O2/c1-32(2)10-13-35(14-11-32)19-23-7-8-30-34-24(22-37(30)20-23)21-36-12-9-25-26(31(36)39)17-33-18-28(25)38-15-16-40-29-6-4-3-5-27(29)38/h3-9,12,17-18,20,22H,10-11,13-16,19,21H2,1-2H3. The molecule has 0 saturated carbocycles. The molecule has 8 heteroatoms. The quantitative estimate of drug-likeness (QED) is 0.307. The lowest BCUT2D eigenvalue weighted by Crippen LogP contribution is -2.36. The topological polar surface area (TPSA) is 67.9 Å². The van der Waals surface area contributed by atoms with E-state index in [-0.39, 0.29) is 5.56 Å². The van der Waals surface area contributed by atoms with Crippen molar-refractivity contribution in [3.63, 3.8) is 0 Å². The molecule has 0 spiro atoms. The molecule has 0 N–H and O–H groups in total. The fraction of sp³-hybridized carbons (Fsp3) is 0.344. The van der Waals surface area contributed by atoms with Gasteiger partial charge in [0.2, 0.25) is 0 Å². The molecule has 0 bridgehead atoms. The van der Waals surface area contributed by atoms with E-state index in [1.807, 2.05) is 48.9 Å². The molecular weight excluding hydrogens is 500 g/mol. The summed E-state index contributed by atoms with van der Waals surface area (Å²) in [6.07, 6.45) is 12.1. The molecule has 2 aliphatic rings. The second-order valence-corrected chi connectivity index (χ2v) is 11.8. The van der Waals surface area contributed by atoms with E-state index in [0.29, 0.717) is 30.5 Å². The van der Waals surface area contributed by atoms with E-state index in [9.17, 15) is 4.79 Å². The van der Waals surface area contributed by atoms with Gasteiger partial charge < -0.3 is 18.6 Å². The number of nitrogens with zero attached hydrogens (tertiary/aromatic N) is 6. The van der Waals surface area contributed by atoms with Crippen molar-refractivity contribution in [2.45, 2.75) is 39.8 Å². The Labute approximate surface area is 233 Å². The predicted octanol–water partition coefficient (Wildman–Crippen LogP) is 5.25. The van der Waals surface area contributed by atoms with E-state index < -0.39 is 0 Å². The van der Waals surface area contributed by atoms with Crippen molar-refractivity contribution in [1.82, 2.24) is 23.8 Å². The van der Waals surface area contributed by atoms with Gasteiger partial charge in [0.05, 0.1) is 41.7 Å². The first-order valence-corrected chi connectivity index (χ1v) is 14.1. The van der Waals surface area contributed by atoms with Gasteiger partial charge in [-0.3, -0.25) is 14.7 Å². The normalized spacial score (nSPS) is 17.2. The Morgan fingerprint density at radius 3 is 2.62 bits per heavy atom. The third-order valence-electron chi connectivity index (χ3n) is 8.41. The molecule has 40 heavy (non-hydrogen) atoms. The molecule has 0 radical (unpaired) electrons. The zero-order valence-corrected chi connectivity index (χ0v) is 23.1. The first kappa shape index (κ1) is 24.8. The molecule has 5 aromatic rings. The van der Waals surface area contributed by atoms with Gasteiger partial charge in [-0.1, -0.05) is 32.0 Å². The van der Waals surface area contributed by atoms with Crippen molar-refractivity contribution >= 4 is 27.8 Å². The predicted molar refractivity (Wildman–Crippen MR) is 158 cm³/mol. The molecule has 0 amide bonds. The van der Waals surface area contributed by atoms with Crippen LogP contribution in [0.5, 0.6) is 5.75 Å².